The Labute approximate surface area is 231 Å². The van der Waals surface area contributed by atoms with E-state index in [-0.39, 0.29) is 16.8 Å². The summed E-state index contributed by atoms with van der Waals surface area (Å²) in [6.45, 7) is 4.28. The lowest BCUT2D eigenvalue weighted by atomic mass is 10.0. The number of benzene rings is 4. The van der Waals surface area contributed by atoms with Gasteiger partial charge >= 0.3 is 0 Å². The Bertz CT molecular complexity index is 1380. The molecule has 4 nitrogen and oxygen atoms in total. The van der Waals surface area contributed by atoms with Gasteiger partial charge in [0.1, 0.15) is 5.25 Å². The maximum Gasteiger partial charge on any atom is 0.257 e. The Morgan fingerprint density at radius 3 is 1.97 bits per heavy atom. The molecule has 0 saturated carbocycles. The van der Waals surface area contributed by atoms with Crippen LogP contribution in [-0.4, -0.2) is 11.8 Å². The molecule has 0 fully saturated rings. The molecular formula is C30H26Cl2N2O2S. The molecule has 7 heteroatoms. The molecule has 0 aliphatic rings. The van der Waals surface area contributed by atoms with E-state index in [2.05, 4.69) is 24.5 Å². The molecule has 4 aromatic carbocycles. The molecule has 4 rings (SSSR count). The van der Waals surface area contributed by atoms with Gasteiger partial charge in [0.15, 0.2) is 0 Å². The summed E-state index contributed by atoms with van der Waals surface area (Å²) >= 11 is 13.5. The van der Waals surface area contributed by atoms with E-state index >= 15 is 0 Å². The average Bonchev–Trinajstić information content (AvgIpc) is 2.89. The first kappa shape index (κ1) is 26.8. The Morgan fingerprint density at radius 1 is 0.730 bits per heavy atom. The largest absolute Gasteiger partial charge is 0.325 e. The topological polar surface area (TPSA) is 58.2 Å². The van der Waals surface area contributed by atoms with Crippen LogP contribution in [0.3, 0.4) is 0 Å². The second-order valence-corrected chi connectivity index (χ2v) is 10.8. The Hall–Kier alpha value is -3.25. The number of rotatable bonds is 8. The number of amides is 2. The molecule has 0 saturated heterocycles. The second kappa shape index (κ2) is 12.3. The normalized spacial score (nSPS) is 11.7. The zero-order valence-electron chi connectivity index (χ0n) is 20.4. The summed E-state index contributed by atoms with van der Waals surface area (Å²) in [5.74, 6) is -0.0105. The summed E-state index contributed by atoms with van der Waals surface area (Å²) in [4.78, 5) is 26.9. The third-order valence-corrected chi connectivity index (χ3v) is 7.54. The van der Waals surface area contributed by atoms with E-state index in [0.717, 1.165) is 16.1 Å². The summed E-state index contributed by atoms with van der Waals surface area (Å²) < 4.78 is 0. The minimum atomic E-state index is -0.459. The summed E-state index contributed by atoms with van der Waals surface area (Å²) in [6.07, 6.45) is 0. The van der Waals surface area contributed by atoms with Crippen LogP contribution in [0.4, 0.5) is 11.4 Å². The van der Waals surface area contributed by atoms with E-state index in [0.29, 0.717) is 22.2 Å². The zero-order chi connectivity index (χ0) is 26.4. The van der Waals surface area contributed by atoms with Gasteiger partial charge in [-0.05, 0) is 71.6 Å². The smallest absolute Gasteiger partial charge is 0.257 e. The lowest BCUT2D eigenvalue weighted by Gasteiger charge is -2.18. The summed E-state index contributed by atoms with van der Waals surface area (Å²) in [7, 11) is 0. The molecule has 2 amide bonds. The highest BCUT2D eigenvalue weighted by Gasteiger charge is 2.22. The molecule has 2 N–H and O–H groups in total. The summed E-state index contributed by atoms with van der Waals surface area (Å²) in [6, 6.07) is 29.7. The number of thioether (sulfide) groups is 1. The highest BCUT2D eigenvalue weighted by Crippen LogP contribution is 2.37. The van der Waals surface area contributed by atoms with E-state index in [4.69, 9.17) is 23.2 Å². The van der Waals surface area contributed by atoms with Gasteiger partial charge in [0.2, 0.25) is 5.91 Å². The van der Waals surface area contributed by atoms with Crippen LogP contribution in [0.15, 0.2) is 102 Å². The Morgan fingerprint density at radius 2 is 1.35 bits per heavy atom. The van der Waals surface area contributed by atoms with Crippen LogP contribution >= 0.6 is 35.0 Å². The standard InChI is InChI=1S/C30H26Cl2N2O2S/c1-19(2)20-8-11-23(12-9-20)34-30(36)28(21-6-4-3-5-7-21)37-25-15-13-24(14-16-25)33-29(35)26-17-10-22(31)18-27(26)32/h3-19,28H,1-2H3,(H,33,35)(H,34,36). The molecule has 0 aliphatic heterocycles. The van der Waals surface area contributed by atoms with Crippen molar-refractivity contribution in [2.75, 3.05) is 10.6 Å². The van der Waals surface area contributed by atoms with E-state index in [1.807, 2.05) is 66.7 Å². The second-order valence-electron chi connectivity index (χ2n) is 8.78. The predicted octanol–water partition coefficient (Wildman–Crippen LogP) is 8.84. The SMILES string of the molecule is CC(C)c1ccc(NC(=O)C(Sc2ccc(NC(=O)c3ccc(Cl)cc3Cl)cc2)c2ccccc2)cc1. The third-order valence-electron chi connectivity index (χ3n) is 5.73. The fourth-order valence-electron chi connectivity index (χ4n) is 3.68. The summed E-state index contributed by atoms with van der Waals surface area (Å²) in [5.41, 5.74) is 3.84. The predicted molar refractivity (Wildman–Crippen MR) is 155 cm³/mol. The van der Waals surface area contributed by atoms with Crippen molar-refractivity contribution in [1.82, 2.24) is 0 Å². The van der Waals surface area contributed by atoms with Gasteiger partial charge in [0.25, 0.3) is 5.91 Å². The number of hydrogen-bond acceptors (Lipinski definition) is 3. The molecule has 0 spiro atoms. The van der Waals surface area contributed by atoms with Gasteiger partial charge in [-0.1, -0.05) is 79.5 Å². The lowest BCUT2D eigenvalue weighted by molar-refractivity contribution is -0.115. The molecule has 37 heavy (non-hydrogen) atoms. The van der Waals surface area contributed by atoms with E-state index in [1.54, 1.807) is 24.3 Å². The highest BCUT2D eigenvalue weighted by atomic mass is 35.5. The van der Waals surface area contributed by atoms with Gasteiger partial charge in [-0.2, -0.15) is 0 Å². The quantitative estimate of drug-likeness (QED) is 0.216. The van der Waals surface area contributed by atoms with Crippen molar-refractivity contribution in [2.24, 2.45) is 0 Å². The van der Waals surface area contributed by atoms with Crippen LogP contribution < -0.4 is 10.6 Å². The molecule has 1 atom stereocenters. The minimum Gasteiger partial charge on any atom is -0.325 e. The first-order valence-electron chi connectivity index (χ1n) is 11.8. The molecule has 188 valence electrons. The minimum absolute atomic E-state index is 0.108. The van der Waals surface area contributed by atoms with Crippen molar-refractivity contribution in [2.45, 2.75) is 29.9 Å². The van der Waals surface area contributed by atoms with Gasteiger partial charge in [-0.25, -0.2) is 0 Å². The van der Waals surface area contributed by atoms with Gasteiger partial charge in [-0.3, -0.25) is 9.59 Å². The van der Waals surface area contributed by atoms with Gasteiger partial charge < -0.3 is 10.6 Å². The molecule has 1 unspecified atom stereocenters. The van der Waals surface area contributed by atoms with Crippen molar-refractivity contribution in [1.29, 1.82) is 0 Å². The van der Waals surface area contributed by atoms with Crippen molar-refractivity contribution < 1.29 is 9.59 Å². The van der Waals surface area contributed by atoms with E-state index < -0.39 is 5.25 Å². The number of hydrogen-bond donors (Lipinski definition) is 2. The molecular weight excluding hydrogens is 523 g/mol. The van der Waals surface area contributed by atoms with Crippen molar-refractivity contribution in [3.63, 3.8) is 0 Å². The molecule has 0 bridgehead atoms. The fourth-order valence-corrected chi connectivity index (χ4v) is 5.20. The number of carbonyl (C=O) groups is 2. The third kappa shape index (κ3) is 7.16. The maximum atomic E-state index is 13.4. The number of halogens is 2. The first-order chi connectivity index (χ1) is 17.8. The Balaban J connectivity index is 1.48. The monoisotopic (exact) mass is 548 g/mol. The van der Waals surface area contributed by atoms with Crippen LogP contribution in [0.25, 0.3) is 0 Å². The lowest BCUT2D eigenvalue weighted by Crippen LogP contribution is -2.19. The number of anilines is 2. The van der Waals surface area contributed by atoms with E-state index in [1.165, 1.54) is 23.4 Å². The fraction of sp³-hybridized carbons (Fsp3) is 0.133. The molecule has 4 aromatic rings. The van der Waals surface area contributed by atoms with Crippen LogP contribution in [0.1, 0.15) is 46.5 Å². The van der Waals surface area contributed by atoms with Crippen LogP contribution in [0, 0.1) is 0 Å². The molecule has 0 heterocycles. The summed E-state index contributed by atoms with van der Waals surface area (Å²) in [5, 5.41) is 6.19. The average molecular weight is 550 g/mol. The first-order valence-corrected chi connectivity index (χ1v) is 13.4. The van der Waals surface area contributed by atoms with Gasteiger partial charge in [-0.15, -0.1) is 11.8 Å². The zero-order valence-corrected chi connectivity index (χ0v) is 22.7. The van der Waals surface area contributed by atoms with Crippen molar-refractivity contribution >= 4 is 58.2 Å². The maximum absolute atomic E-state index is 13.4. The van der Waals surface area contributed by atoms with Crippen molar-refractivity contribution in [3.05, 3.63) is 124 Å². The number of nitrogens with one attached hydrogen (secondary N) is 2. The molecule has 0 aliphatic carbocycles. The van der Waals surface area contributed by atoms with Gasteiger partial charge in [0.05, 0.1) is 10.6 Å². The van der Waals surface area contributed by atoms with E-state index in [9.17, 15) is 9.59 Å². The van der Waals surface area contributed by atoms with Gasteiger partial charge in [0, 0.05) is 21.3 Å². The Kier molecular flexibility index (Phi) is 8.93. The number of carbonyl (C=O) groups excluding carboxylic acids is 2. The molecule has 0 radical (unpaired) electrons. The van der Waals surface area contributed by atoms with Crippen molar-refractivity contribution in [3.8, 4) is 0 Å². The van der Waals surface area contributed by atoms with Crippen LogP contribution in [0.5, 0.6) is 0 Å². The molecule has 0 aromatic heterocycles. The highest BCUT2D eigenvalue weighted by molar-refractivity contribution is 8.00. The van der Waals surface area contributed by atoms with Crippen LogP contribution in [0.2, 0.25) is 10.0 Å². The van der Waals surface area contributed by atoms with Crippen LogP contribution in [-0.2, 0) is 4.79 Å².